The fraction of sp³-hybridized carbons (Fsp3) is 0.310. The van der Waals surface area contributed by atoms with Crippen LogP contribution in [0.3, 0.4) is 0 Å². The van der Waals surface area contributed by atoms with Gasteiger partial charge in [-0.3, -0.25) is 4.79 Å². The summed E-state index contributed by atoms with van der Waals surface area (Å²) in [6, 6.07) is 19.1. The number of nitrogens with zero attached hydrogens (tertiary/aromatic N) is 3. The third kappa shape index (κ3) is 6.14. The number of methoxy groups -OCH3 is 1. The summed E-state index contributed by atoms with van der Waals surface area (Å²) >= 11 is 0. The molecular weight excluding hydrogens is 532 g/mol. The van der Waals surface area contributed by atoms with Crippen LogP contribution in [-0.4, -0.2) is 65.1 Å². The number of nitriles is 1. The van der Waals surface area contributed by atoms with Crippen molar-refractivity contribution >= 4 is 27.3 Å². The molecule has 0 aromatic heterocycles. The van der Waals surface area contributed by atoms with E-state index >= 15 is 0 Å². The summed E-state index contributed by atoms with van der Waals surface area (Å²) in [5, 5.41) is 12.4. The van der Waals surface area contributed by atoms with Gasteiger partial charge >= 0.3 is 0 Å². The number of hydrogen-bond acceptors (Lipinski definition) is 8. The molecule has 10 nitrogen and oxygen atoms in total. The quantitative estimate of drug-likeness (QED) is 0.390. The highest BCUT2D eigenvalue weighted by molar-refractivity contribution is 7.89. The van der Waals surface area contributed by atoms with Gasteiger partial charge in [0, 0.05) is 49.6 Å². The van der Waals surface area contributed by atoms with Crippen LogP contribution in [0.1, 0.15) is 29.8 Å². The first-order chi connectivity index (χ1) is 19.3. The number of benzene rings is 3. The molecule has 1 aliphatic rings. The predicted molar refractivity (Wildman–Crippen MR) is 152 cm³/mol. The molecule has 0 aliphatic carbocycles. The van der Waals surface area contributed by atoms with Gasteiger partial charge in [-0.25, -0.2) is 8.42 Å². The van der Waals surface area contributed by atoms with Gasteiger partial charge in [0.1, 0.15) is 16.7 Å². The van der Waals surface area contributed by atoms with Crippen molar-refractivity contribution in [3.8, 4) is 23.3 Å². The SMILES string of the molecule is CCOc1cc(C#N)c(NC(=O)c2ccc(OC)c(S(=O)(=O)N3CCN(c4ccccc4)CC3)c2)cc1OCC. The molecule has 1 fully saturated rings. The number of amides is 1. The van der Waals surface area contributed by atoms with Gasteiger partial charge in [-0.15, -0.1) is 0 Å². The summed E-state index contributed by atoms with van der Waals surface area (Å²) in [4.78, 5) is 15.3. The van der Waals surface area contributed by atoms with Crippen molar-refractivity contribution in [1.29, 1.82) is 5.26 Å². The van der Waals surface area contributed by atoms with Crippen molar-refractivity contribution in [2.75, 3.05) is 56.7 Å². The van der Waals surface area contributed by atoms with Crippen molar-refractivity contribution in [2.45, 2.75) is 18.7 Å². The van der Waals surface area contributed by atoms with Gasteiger partial charge < -0.3 is 24.4 Å². The zero-order chi connectivity index (χ0) is 28.7. The maximum Gasteiger partial charge on any atom is 0.255 e. The molecule has 0 spiro atoms. The Labute approximate surface area is 234 Å². The van der Waals surface area contributed by atoms with Crippen molar-refractivity contribution in [3.05, 3.63) is 71.8 Å². The second-order valence-corrected chi connectivity index (χ2v) is 10.8. The predicted octanol–water partition coefficient (Wildman–Crippen LogP) is 4.13. The molecular formula is C29H32N4O6S. The number of carbonyl (C=O) groups excluding carboxylic acids is 1. The third-order valence-electron chi connectivity index (χ3n) is 6.46. The van der Waals surface area contributed by atoms with Crippen LogP contribution < -0.4 is 24.4 Å². The molecule has 1 aliphatic heterocycles. The standard InChI is InChI=1S/C29H32N4O6S/c1-4-38-26-17-22(20-30)24(19-27(26)39-5-2)31-29(34)21-11-12-25(37-3)28(18-21)40(35,36)33-15-13-32(14-16-33)23-9-7-6-8-10-23/h6-12,17-19H,4-5,13-16H2,1-3H3,(H,31,34). The first-order valence-corrected chi connectivity index (χ1v) is 14.4. The summed E-state index contributed by atoms with van der Waals surface area (Å²) in [6.45, 7) is 6.00. The molecule has 0 saturated carbocycles. The lowest BCUT2D eigenvalue weighted by Crippen LogP contribution is -2.48. The summed E-state index contributed by atoms with van der Waals surface area (Å²) in [5.41, 5.74) is 1.53. The van der Waals surface area contributed by atoms with Gasteiger partial charge in [0.2, 0.25) is 10.0 Å². The van der Waals surface area contributed by atoms with E-state index in [1.165, 1.54) is 41.7 Å². The van der Waals surface area contributed by atoms with E-state index in [9.17, 15) is 18.5 Å². The first-order valence-electron chi connectivity index (χ1n) is 13.0. The van der Waals surface area contributed by atoms with Crippen LogP contribution in [0.25, 0.3) is 0 Å². The Morgan fingerprint density at radius 1 is 0.925 bits per heavy atom. The molecule has 0 atom stereocenters. The van der Waals surface area contributed by atoms with Crippen LogP contribution in [0, 0.1) is 11.3 Å². The van der Waals surface area contributed by atoms with Crippen molar-refractivity contribution < 1.29 is 27.4 Å². The summed E-state index contributed by atoms with van der Waals surface area (Å²) < 4.78 is 45.3. The summed E-state index contributed by atoms with van der Waals surface area (Å²) in [7, 11) is -2.58. The highest BCUT2D eigenvalue weighted by Crippen LogP contribution is 2.35. The van der Waals surface area contributed by atoms with E-state index in [-0.39, 0.29) is 40.5 Å². The number of rotatable bonds is 10. The zero-order valence-corrected chi connectivity index (χ0v) is 23.5. The number of anilines is 2. The normalized spacial score (nSPS) is 13.8. The smallest absolute Gasteiger partial charge is 0.255 e. The summed E-state index contributed by atoms with van der Waals surface area (Å²) in [6.07, 6.45) is 0. The van der Waals surface area contributed by atoms with Crippen LogP contribution in [0.4, 0.5) is 11.4 Å². The minimum absolute atomic E-state index is 0.0954. The fourth-order valence-corrected chi connectivity index (χ4v) is 6.07. The molecule has 3 aromatic carbocycles. The minimum atomic E-state index is -3.97. The monoisotopic (exact) mass is 564 g/mol. The third-order valence-corrected chi connectivity index (χ3v) is 8.38. The maximum atomic E-state index is 13.7. The van der Waals surface area contributed by atoms with Crippen LogP contribution in [0.2, 0.25) is 0 Å². The molecule has 4 rings (SSSR count). The molecule has 1 amide bonds. The molecule has 3 aromatic rings. The van der Waals surface area contributed by atoms with Gasteiger partial charge in [0.05, 0.1) is 31.6 Å². The highest BCUT2D eigenvalue weighted by Gasteiger charge is 2.32. The van der Waals surface area contributed by atoms with Crippen LogP contribution >= 0.6 is 0 Å². The van der Waals surface area contributed by atoms with Crippen molar-refractivity contribution in [3.63, 3.8) is 0 Å². The molecule has 210 valence electrons. The van der Waals surface area contributed by atoms with Gasteiger partial charge in [0.25, 0.3) is 5.91 Å². The minimum Gasteiger partial charge on any atom is -0.495 e. The van der Waals surface area contributed by atoms with E-state index in [0.717, 1.165) is 5.69 Å². The van der Waals surface area contributed by atoms with Gasteiger partial charge in [-0.1, -0.05) is 18.2 Å². The van der Waals surface area contributed by atoms with E-state index < -0.39 is 15.9 Å². The number of hydrogen-bond donors (Lipinski definition) is 1. The van der Waals surface area contributed by atoms with Gasteiger partial charge in [0.15, 0.2) is 11.5 Å². The number of para-hydroxylation sites is 1. The zero-order valence-electron chi connectivity index (χ0n) is 22.7. The Bertz CT molecular complexity index is 1500. The molecule has 1 N–H and O–H groups in total. The lowest BCUT2D eigenvalue weighted by atomic mass is 10.1. The average molecular weight is 565 g/mol. The average Bonchev–Trinajstić information content (AvgIpc) is 2.98. The Morgan fingerprint density at radius 3 is 2.17 bits per heavy atom. The fourth-order valence-electron chi connectivity index (χ4n) is 4.47. The lowest BCUT2D eigenvalue weighted by molar-refractivity contribution is 0.102. The van der Waals surface area contributed by atoms with Gasteiger partial charge in [-0.2, -0.15) is 9.57 Å². The molecule has 0 bridgehead atoms. The van der Waals surface area contributed by atoms with E-state index in [2.05, 4.69) is 16.3 Å². The second kappa shape index (κ2) is 12.7. The maximum absolute atomic E-state index is 13.7. The Hall–Kier alpha value is -4.27. The molecule has 0 radical (unpaired) electrons. The highest BCUT2D eigenvalue weighted by atomic mass is 32.2. The topological polar surface area (TPSA) is 121 Å². The van der Waals surface area contributed by atoms with Crippen LogP contribution in [-0.2, 0) is 10.0 Å². The molecule has 1 heterocycles. The largest absolute Gasteiger partial charge is 0.495 e. The van der Waals surface area contributed by atoms with Gasteiger partial charge in [-0.05, 0) is 44.2 Å². The molecule has 40 heavy (non-hydrogen) atoms. The van der Waals surface area contributed by atoms with Crippen molar-refractivity contribution in [2.24, 2.45) is 0 Å². The number of nitrogens with one attached hydrogen (secondary N) is 1. The number of carbonyl (C=O) groups is 1. The molecule has 0 unspecified atom stereocenters. The van der Waals surface area contributed by atoms with Crippen molar-refractivity contribution in [1.82, 2.24) is 4.31 Å². The van der Waals surface area contributed by atoms with Crippen LogP contribution in [0.15, 0.2) is 65.6 Å². The number of ether oxygens (including phenoxy) is 3. The number of sulfonamides is 1. The van der Waals surface area contributed by atoms with E-state index in [4.69, 9.17) is 14.2 Å². The Balaban J connectivity index is 1.58. The Morgan fingerprint density at radius 2 is 1.57 bits per heavy atom. The molecule has 11 heteroatoms. The van der Waals surface area contributed by atoms with Crippen LogP contribution in [0.5, 0.6) is 17.2 Å². The lowest BCUT2D eigenvalue weighted by Gasteiger charge is -2.35. The summed E-state index contributed by atoms with van der Waals surface area (Å²) in [5.74, 6) is 0.325. The first kappa shape index (κ1) is 28.7. The number of piperazine rings is 1. The van der Waals surface area contributed by atoms with E-state index in [1.807, 2.05) is 44.2 Å². The van der Waals surface area contributed by atoms with E-state index in [0.29, 0.717) is 37.8 Å². The Kier molecular flexibility index (Phi) is 9.14. The van der Waals surface area contributed by atoms with E-state index in [1.54, 1.807) is 0 Å². The molecule has 1 saturated heterocycles. The second-order valence-electron chi connectivity index (χ2n) is 8.87.